The van der Waals surface area contributed by atoms with Crippen LogP contribution in [0.25, 0.3) is 0 Å². The Morgan fingerprint density at radius 3 is 2.38 bits per heavy atom. The Balaban J connectivity index is 0.000000313. The van der Waals surface area contributed by atoms with Gasteiger partial charge in [0, 0.05) is 25.2 Å². The van der Waals surface area contributed by atoms with E-state index in [9.17, 15) is 22.0 Å². The minimum Gasteiger partial charge on any atom is -0.464 e. The quantitative estimate of drug-likeness (QED) is 0.435. The van der Waals surface area contributed by atoms with E-state index >= 15 is 0 Å². The second kappa shape index (κ2) is 10.5. The van der Waals surface area contributed by atoms with E-state index in [0.717, 1.165) is 6.33 Å². The fraction of sp³-hybridized carbons (Fsp3) is 0.444. The summed E-state index contributed by atoms with van der Waals surface area (Å²) < 4.78 is 67.3. The molecule has 0 spiro atoms. The molecule has 1 saturated heterocycles. The van der Waals surface area contributed by atoms with Crippen LogP contribution in [0, 0.1) is 29.7 Å². The van der Waals surface area contributed by atoms with Gasteiger partial charge in [-0.15, -0.1) is 5.92 Å². The maximum absolute atomic E-state index is 12.8. The van der Waals surface area contributed by atoms with Gasteiger partial charge in [0.15, 0.2) is 6.61 Å². The van der Waals surface area contributed by atoms with Gasteiger partial charge in [0.1, 0.15) is 18.5 Å². The van der Waals surface area contributed by atoms with Crippen molar-refractivity contribution in [2.45, 2.75) is 25.9 Å². The first-order valence-corrected chi connectivity index (χ1v) is 8.58. The lowest BCUT2D eigenvalue weighted by atomic mass is 9.97. The molecule has 156 valence electrons. The topological polar surface area (TPSA) is 64.0 Å². The number of anilines is 1. The van der Waals surface area contributed by atoms with Crippen molar-refractivity contribution in [3.8, 4) is 17.7 Å². The van der Waals surface area contributed by atoms with E-state index < -0.39 is 24.0 Å². The minimum absolute atomic E-state index is 0.0747. The zero-order valence-electron chi connectivity index (χ0n) is 15.5. The Bertz CT molecular complexity index is 835. The fourth-order valence-electron chi connectivity index (χ4n) is 2.53. The summed E-state index contributed by atoms with van der Waals surface area (Å²) in [6.07, 6.45) is -1.39. The van der Waals surface area contributed by atoms with Crippen LogP contribution in [0.3, 0.4) is 0 Å². The van der Waals surface area contributed by atoms with Crippen molar-refractivity contribution in [1.29, 1.82) is 0 Å². The van der Waals surface area contributed by atoms with Crippen molar-refractivity contribution in [2.24, 2.45) is 5.92 Å². The molecule has 3 heterocycles. The van der Waals surface area contributed by atoms with Gasteiger partial charge in [-0.25, -0.2) is 19.9 Å². The predicted octanol–water partition coefficient (Wildman–Crippen LogP) is 3.41. The first-order chi connectivity index (χ1) is 13.8. The number of ether oxygens (including phenoxy) is 1. The summed E-state index contributed by atoms with van der Waals surface area (Å²) >= 11 is 0. The van der Waals surface area contributed by atoms with Crippen LogP contribution in [-0.2, 0) is 0 Å². The van der Waals surface area contributed by atoms with Crippen LogP contribution in [-0.4, -0.2) is 45.8 Å². The number of alkyl halides is 3. The van der Waals surface area contributed by atoms with Crippen molar-refractivity contribution in [3.05, 3.63) is 36.7 Å². The van der Waals surface area contributed by atoms with E-state index in [0.29, 0.717) is 30.7 Å². The highest BCUT2D eigenvalue weighted by atomic mass is 19.4. The highest BCUT2D eigenvalue weighted by Gasteiger charge is 2.42. The molecule has 11 heteroatoms. The highest BCUT2D eigenvalue weighted by Crippen LogP contribution is 2.34. The first-order valence-electron chi connectivity index (χ1n) is 8.58. The molecule has 0 saturated carbocycles. The van der Waals surface area contributed by atoms with Gasteiger partial charge in [-0.05, 0) is 19.8 Å². The van der Waals surface area contributed by atoms with E-state index in [1.54, 1.807) is 17.9 Å². The number of nitrogens with zero attached hydrogens (tertiary/aromatic N) is 5. The lowest BCUT2D eigenvalue weighted by Crippen LogP contribution is -2.42. The lowest BCUT2D eigenvalue weighted by Gasteiger charge is -2.34. The minimum atomic E-state index is -4.16. The van der Waals surface area contributed by atoms with Gasteiger partial charge in [-0.3, -0.25) is 0 Å². The Morgan fingerprint density at radius 1 is 1.10 bits per heavy atom. The normalized spacial score (nSPS) is 16.2. The van der Waals surface area contributed by atoms with Gasteiger partial charge in [0.25, 0.3) is 0 Å². The van der Waals surface area contributed by atoms with E-state index in [4.69, 9.17) is 4.74 Å². The summed E-state index contributed by atoms with van der Waals surface area (Å²) in [5.41, 5.74) is 0. The molecule has 0 bridgehead atoms. The summed E-state index contributed by atoms with van der Waals surface area (Å²) in [5.74, 6) is 3.18. The molecule has 2 aromatic rings. The number of aromatic nitrogens is 4. The predicted molar refractivity (Wildman–Crippen MR) is 93.9 cm³/mol. The number of rotatable bonds is 3. The van der Waals surface area contributed by atoms with Crippen LogP contribution in [0.1, 0.15) is 19.8 Å². The molecule has 1 atom stereocenters. The molecule has 0 radical (unpaired) electrons. The van der Waals surface area contributed by atoms with Gasteiger partial charge in [-0.2, -0.15) is 22.0 Å². The molecule has 1 unspecified atom stereocenters. The average Bonchev–Trinajstić information content (AvgIpc) is 2.68. The number of halogens is 5. The Kier molecular flexibility index (Phi) is 8.06. The summed E-state index contributed by atoms with van der Waals surface area (Å²) in [5, 5.41) is 0. The third-order valence-electron chi connectivity index (χ3n) is 3.91. The summed E-state index contributed by atoms with van der Waals surface area (Å²) in [6, 6.07) is 2.16. The summed E-state index contributed by atoms with van der Waals surface area (Å²) in [4.78, 5) is 15.6. The largest absolute Gasteiger partial charge is 0.464 e. The van der Waals surface area contributed by atoms with Crippen LogP contribution in [0.5, 0.6) is 5.88 Å². The third kappa shape index (κ3) is 7.48. The fourth-order valence-corrected chi connectivity index (χ4v) is 2.53. The molecule has 3 rings (SSSR count). The molecular weight excluding hydrogens is 397 g/mol. The van der Waals surface area contributed by atoms with E-state index in [1.165, 1.54) is 6.33 Å². The molecule has 0 aromatic carbocycles. The monoisotopic (exact) mass is 415 g/mol. The van der Waals surface area contributed by atoms with Gasteiger partial charge in [-0.1, -0.05) is 5.92 Å². The van der Waals surface area contributed by atoms with Crippen LogP contribution >= 0.6 is 0 Å². The molecule has 6 nitrogen and oxygen atoms in total. The second-order valence-electron chi connectivity index (χ2n) is 5.92. The van der Waals surface area contributed by atoms with Gasteiger partial charge in [0.2, 0.25) is 17.8 Å². The second-order valence-corrected chi connectivity index (χ2v) is 5.92. The number of piperidine rings is 1. The van der Waals surface area contributed by atoms with Crippen molar-refractivity contribution in [2.75, 3.05) is 24.6 Å². The Morgan fingerprint density at radius 2 is 1.79 bits per heavy atom. The molecular formula is C18H18F5N5O. The molecule has 0 aliphatic carbocycles. The zero-order chi connectivity index (χ0) is 21.3. The Hall–Kier alpha value is -3.03. The molecule has 0 amide bonds. The molecule has 0 N–H and O–H groups in total. The van der Waals surface area contributed by atoms with Crippen molar-refractivity contribution >= 4 is 5.82 Å². The van der Waals surface area contributed by atoms with Crippen LogP contribution in [0.15, 0.2) is 24.8 Å². The van der Waals surface area contributed by atoms with Gasteiger partial charge < -0.3 is 9.64 Å². The average molecular weight is 415 g/mol. The van der Waals surface area contributed by atoms with Crippen LogP contribution < -0.4 is 9.64 Å². The zero-order valence-corrected chi connectivity index (χ0v) is 15.5. The van der Waals surface area contributed by atoms with E-state index in [1.807, 2.05) is 0 Å². The van der Waals surface area contributed by atoms with Gasteiger partial charge in [0.05, 0.1) is 5.92 Å². The number of hydrogen-bond acceptors (Lipinski definition) is 6. The van der Waals surface area contributed by atoms with Crippen molar-refractivity contribution < 1.29 is 26.7 Å². The molecule has 1 aliphatic heterocycles. The lowest BCUT2D eigenvalue weighted by molar-refractivity contribution is -0.176. The molecule has 2 aromatic heterocycles. The first kappa shape index (κ1) is 22.3. The SMILES string of the molecule is CC#CCOc1cc(N2CCCC(C(F)(F)F)C2)ncn1.Fc1cc(F)ncn1. The molecule has 1 fully saturated rings. The maximum atomic E-state index is 12.8. The van der Waals surface area contributed by atoms with E-state index in [2.05, 4.69) is 31.8 Å². The van der Waals surface area contributed by atoms with Gasteiger partial charge >= 0.3 is 6.18 Å². The summed E-state index contributed by atoms with van der Waals surface area (Å²) in [6.45, 7) is 2.37. The smallest absolute Gasteiger partial charge is 0.393 e. The Labute approximate surface area is 164 Å². The van der Waals surface area contributed by atoms with Crippen molar-refractivity contribution in [3.63, 3.8) is 0 Å². The number of hydrogen-bond donors (Lipinski definition) is 0. The van der Waals surface area contributed by atoms with Crippen LogP contribution in [0.4, 0.5) is 27.8 Å². The third-order valence-corrected chi connectivity index (χ3v) is 3.91. The summed E-state index contributed by atoms with van der Waals surface area (Å²) in [7, 11) is 0. The molecule has 1 aliphatic rings. The maximum Gasteiger partial charge on any atom is 0.393 e. The van der Waals surface area contributed by atoms with Crippen molar-refractivity contribution in [1.82, 2.24) is 19.9 Å². The standard InChI is InChI=1S/C14H16F3N3O.C4H2F2N2/c1-2-3-7-21-13-8-12(18-10-19-13)20-6-4-5-11(9-20)14(15,16)17;5-3-1-4(6)8-2-7-3/h8,10-11H,4-7,9H2,1H3;1-2H. The molecule has 29 heavy (non-hydrogen) atoms. The van der Waals surface area contributed by atoms with E-state index in [-0.39, 0.29) is 19.6 Å². The van der Waals surface area contributed by atoms with Crippen LogP contribution in [0.2, 0.25) is 0 Å². The highest BCUT2D eigenvalue weighted by molar-refractivity contribution is 5.41.